The summed E-state index contributed by atoms with van der Waals surface area (Å²) in [5.74, 6) is 0.490. The number of hydrogen-bond acceptors (Lipinski definition) is 2. The molecule has 2 aromatic carbocycles. The lowest BCUT2D eigenvalue weighted by atomic mass is 9.88. The summed E-state index contributed by atoms with van der Waals surface area (Å²) in [6.45, 7) is 8.97. The summed E-state index contributed by atoms with van der Waals surface area (Å²) in [4.78, 5) is 2.59. The first-order chi connectivity index (χ1) is 13.6. The fourth-order valence-corrected chi connectivity index (χ4v) is 4.77. The van der Waals surface area contributed by atoms with Crippen LogP contribution < -0.4 is 4.90 Å². The standard InChI is InChI=1S/C26H30N2/c1-4-18(2)25-13-19(3)24(17-27)16-21(25)10-9-20-14-22-7-5-11-28-12-6-8-23(15-20)26(22)28/h9-10,13-16,18H,4-8,11-12H2,1-3H3/b10-9+. The van der Waals surface area contributed by atoms with E-state index in [-0.39, 0.29) is 0 Å². The number of nitriles is 1. The molecule has 0 saturated carbocycles. The highest BCUT2D eigenvalue weighted by molar-refractivity contribution is 5.76. The Morgan fingerprint density at radius 2 is 1.75 bits per heavy atom. The van der Waals surface area contributed by atoms with Crippen LogP contribution in [0.4, 0.5) is 5.69 Å². The molecule has 0 spiro atoms. The predicted octanol–water partition coefficient (Wildman–Crippen LogP) is 6.25. The molecule has 0 bridgehead atoms. The second kappa shape index (κ2) is 7.84. The van der Waals surface area contributed by atoms with Crippen LogP contribution in [0.5, 0.6) is 0 Å². The summed E-state index contributed by atoms with van der Waals surface area (Å²) >= 11 is 0. The first-order valence-electron chi connectivity index (χ1n) is 10.7. The van der Waals surface area contributed by atoms with E-state index < -0.39 is 0 Å². The number of benzene rings is 2. The van der Waals surface area contributed by atoms with Gasteiger partial charge >= 0.3 is 0 Å². The fraction of sp³-hybridized carbons (Fsp3) is 0.423. The number of hydrogen-bond donors (Lipinski definition) is 0. The van der Waals surface area contributed by atoms with Gasteiger partial charge in [0.2, 0.25) is 0 Å². The Morgan fingerprint density at radius 1 is 1.07 bits per heavy atom. The van der Waals surface area contributed by atoms with Crippen LogP contribution in [-0.2, 0) is 12.8 Å². The van der Waals surface area contributed by atoms with Crippen molar-refractivity contribution >= 4 is 17.8 Å². The third-order valence-corrected chi connectivity index (χ3v) is 6.50. The van der Waals surface area contributed by atoms with Gasteiger partial charge in [-0.1, -0.05) is 32.1 Å². The summed E-state index contributed by atoms with van der Waals surface area (Å²) in [6, 6.07) is 11.4. The highest BCUT2D eigenvalue weighted by Crippen LogP contribution is 2.36. The van der Waals surface area contributed by atoms with Crippen molar-refractivity contribution in [3.63, 3.8) is 0 Å². The molecule has 0 aromatic heterocycles. The smallest absolute Gasteiger partial charge is 0.0994 e. The summed E-state index contributed by atoms with van der Waals surface area (Å²) in [5, 5.41) is 9.47. The number of aryl methyl sites for hydroxylation is 3. The van der Waals surface area contributed by atoms with Crippen LogP contribution in [0.2, 0.25) is 0 Å². The topological polar surface area (TPSA) is 27.0 Å². The Kier molecular flexibility index (Phi) is 5.27. The molecular weight excluding hydrogens is 340 g/mol. The minimum absolute atomic E-state index is 0.490. The van der Waals surface area contributed by atoms with Gasteiger partial charge in [-0.05, 0) is 96.5 Å². The summed E-state index contributed by atoms with van der Waals surface area (Å²) in [6.07, 6.45) is 10.5. The molecule has 0 aliphatic carbocycles. The van der Waals surface area contributed by atoms with Crippen molar-refractivity contribution < 1.29 is 0 Å². The molecule has 2 heterocycles. The van der Waals surface area contributed by atoms with Crippen LogP contribution in [0.1, 0.15) is 78.0 Å². The third-order valence-electron chi connectivity index (χ3n) is 6.50. The van der Waals surface area contributed by atoms with Gasteiger partial charge in [0.15, 0.2) is 0 Å². The van der Waals surface area contributed by atoms with Crippen molar-refractivity contribution in [2.75, 3.05) is 18.0 Å². The van der Waals surface area contributed by atoms with E-state index in [2.05, 4.69) is 61.2 Å². The fourth-order valence-electron chi connectivity index (χ4n) is 4.77. The van der Waals surface area contributed by atoms with Gasteiger partial charge in [0.25, 0.3) is 0 Å². The molecule has 28 heavy (non-hydrogen) atoms. The molecule has 0 fully saturated rings. The van der Waals surface area contributed by atoms with Gasteiger partial charge in [-0.25, -0.2) is 0 Å². The zero-order chi connectivity index (χ0) is 19.7. The Morgan fingerprint density at radius 3 is 2.36 bits per heavy atom. The Bertz CT molecular complexity index is 930. The molecule has 0 amide bonds. The number of nitrogens with zero attached hydrogens (tertiary/aromatic N) is 2. The second-order valence-corrected chi connectivity index (χ2v) is 8.43. The minimum atomic E-state index is 0.490. The van der Waals surface area contributed by atoms with Crippen LogP contribution in [0.25, 0.3) is 12.2 Å². The van der Waals surface area contributed by atoms with E-state index in [9.17, 15) is 5.26 Å². The molecule has 0 N–H and O–H groups in total. The molecule has 0 saturated heterocycles. The van der Waals surface area contributed by atoms with Crippen LogP contribution in [0, 0.1) is 18.3 Å². The molecule has 4 rings (SSSR count). The molecule has 2 aromatic rings. The number of rotatable bonds is 4. The first-order valence-corrected chi connectivity index (χ1v) is 10.7. The van der Waals surface area contributed by atoms with Crippen LogP contribution >= 0.6 is 0 Å². The maximum absolute atomic E-state index is 9.47. The van der Waals surface area contributed by atoms with Crippen LogP contribution in [0.3, 0.4) is 0 Å². The predicted molar refractivity (Wildman–Crippen MR) is 119 cm³/mol. The first kappa shape index (κ1) is 18.8. The number of anilines is 1. The van der Waals surface area contributed by atoms with E-state index in [1.54, 1.807) is 0 Å². The van der Waals surface area contributed by atoms with Gasteiger partial charge in [0, 0.05) is 18.8 Å². The molecule has 0 radical (unpaired) electrons. The van der Waals surface area contributed by atoms with Gasteiger partial charge in [0.1, 0.15) is 0 Å². The minimum Gasteiger partial charge on any atom is -0.371 e. The molecule has 2 aliphatic heterocycles. The lowest BCUT2D eigenvalue weighted by Crippen LogP contribution is -2.34. The SMILES string of the molecule is CCC(C)c1cc(C)c(C#N)cc1/C=C/c1cc2c3c(c1)CCCN3CCC2. The maximum atomic E-state index is 9.47. The summed E-state index contributed by atoms with van der Waals surface area (Å²) < 4.78 is 0. The Hall–Kier alpha value is -2.53. The van der Waals surface area contributed by atoms with Crippen molar-refractivity contribution in [2.45, 2.75) is 58.8 Å². The normalized spacial score (nSPS) is 16.7. The molecular formula is C26H30N2. The quantitative estimate of drug-likeness (QED) is 0.595. The molecule has 144 valence electrons. The maximum Gasteiger partial charge on any atom is 0.0994 e. The van der Waals surface area contributed by atoms with Crippen molar-refractivity contribution in [1.29, 1.82) is 5.26 Å². The second-order valence-electron chi connectivity index (χ2n) is 8.43. The molecule has 1 unspecified atom stereocenters. The third kappa shape index (κ3) is 3.47. The zero-order valence-electron chi connectivity index (χ0n) is 17.4. The zero-order valence-corrected chi connectivity index (χ0v) is 17.4. The van der Waals surface area contributed by atoms with Crippen molar-refractivity contribution in [1.82, 2.24) is 0 Å². The van der Waals surface area contributed by atoms with Crippen LogP contribution in [0.15, 0.2) is 24.3 Å². The van der Waals surface area contributed by atoms with Gasteiger partial charge in [-0.2, -0.15) is 5.26 Å². The van der Waals surface area contributed by atoms with E-state index in [1.807, 2.05) is 6.92 Å². The summed E-state index contributed by atoms with van der Waals surface area (Å²) in [5.41, 5.74) is 10.3. The highest BCUT2D eigenvalue weighted by Gasteiger charge is 2.23. The molecule has 2 aliphatic rings. The molecule has 1 atom stereocenters. The van der Waals surface area contributed by atoms with Gasteiger partial charge < -0.3 is 4.90 Å². The van der Waals surface area contributed by atoms with E-state index in [4.69, 9.17) is 0 Å². The molecule has 2 nitrogen and oxygen atoms in total. The molecule has 2 heteroatoms. The summed E-state index contributed by atoms with van der Waals surface area (Å²) in [7, 11) is 0. The average Bonchev–Trinajstić information content (AvgIpc) is 2.72. The van der Waals surface area contributed by atoms with Crippen molar-refractivity contribution in [3.8, 4) is 6.07 Å². The Balaban J connectivity index is 1.73. The van der Waals surface area contributed by atoms with Gasteiger partial charge in [-0.3, -0.25) is 0 Å². The lowest BCUT2D eigenvalue weighted by molar-refractivity contribution is 0.634. The van der Waals surface area contributed by atoms with E-state index in [0.29, 0.717) is 5.92 Å². The van der Waals surface area contributed by atoms with Gasteiger partial charge in [0.05, 0.1) is 11.6 Å². The van der Waals surface area contributed by atoms with Crippen LogP contribution in [-0.4, -0.2) is 13.1 Å². The van der Waals surface area contributed by atoms with E-state index in [1.165, 1.54) is 72.3 Å². The van der Waals surface area contributed by atoms with Crippen molar-refractivity contribution in [3.05, 3.63) is 63.2 Å². The van der Waals surface area contributed by atoms with E-state index in [0.717, 1.165) is 17.5 Å². The lowest BCUT2D eigenvalue weighted by Gasteiger charge is -2.37. The monoisotopic (exact) mass is 370 g/mol. The van der Waals surface area contributed by atoms with E-state index >= 15 is 0 Å². The highest BCUT2D eigenvalue weighted by atomic mass is 15.1. The van der Waals surface area contributed by atoms with Crippen molar-refractivity contribution in [2.24, 2.45) is 0 Å². The average molecular weight is 371 g/mol. The largest absolute Gasteiger partial charge is 0.371 e. The van der Waals surface area contributed by atoms with Gasteiger partial charge in [-0.15, -0.1) is 0 Å². The Labute approximate surface area is 169 Å².